The zero-order valence-corrected chi connectivity index (χ0v) is 12.9. The fourth-order valence-electron chi connectivity index (χ4n) is 2.85. The highest BCUT2D eigenvalue weighted by Gasteiger charge is 2.51. The second-order valence-electron chi connectivity index (χ2n) is 6.06. The third-order valence-corrected chi connectivity index (χ3v) is 4.35. The van der Waals surface area contributed by atoms with E-state index in [2.05, 4.69) is 5.32 Å². The van der Waals surface area contributed by atoms with E-state index in [0.717, 1.165) is 29.5 Å². The van der Waals surface area contributed by atoms with Crippen LogP contribution in [0.5, 0.6) is 0 Å². The molecule has 1 N–H and O–H groups in total. The summed E-state index contributed by atoms with van der Waals surface area (Å²) in [4.78, 5) is 22.9. The molecule has 0 saturated heterocycles. The summed E-state index contributed by atoms with van der Waals surface area (Å²) in [5.74, 6) is -0.00661. The Hall–Kier alpha value is -2.69. The molecule has 1 fully saturated rings. The van der Waals surface area contributed by atoms with Crippen LogP contribution in [-0.4, -0.2) is 10.8 Å². The molecule has 2 aromatic carbocycles. The molecular weight excluding hydrogens is 292 g/mol. The molecule has 0 unspecified atom stereocenters. The molecule has 5 heteroatoms. The van der Waals surface area contributed by atoms with Crippen molar-refractivity contribution in [3.05, 3.63) is 75.3 Å². The van der Waals surface area contributed by atoms with E-state index in [-0.39, 0.29) is 11.6 Å². The molecule has 1 saturated carbocycles. The Bertz CT molecular complexity index is 749. The quantitative estimate of drug-likeness (QED) is 0.680. The predicted octanol–water partition coefficient (Wildman–Crippen LogP) is 3.25. The highest BCUT2D eigenvalue weighted by Crippen LogP contribution is 2.48. The number of benzene rings is 2. The van der Waals surface area contributed by atoms with Gasteiger partial charge in [-0.2, -0.15) is 0 Å². The molecule has 1 amide bonds. The van der Waals surface area contributed by atoms with Gasteiger partial charge in [0.15, 0.2) is 0 Å². The molecule has 0 atom stereocenters. The van der Waals surface area contributed by atoms with Crippen LogP contribution in [0.15, 0.2) is 48.5 Å². The minimum absolute atomic E-state index is 0.00661. The van der Waals surface area contributed by atoms with Gasteiger partial charge in [0.1, 0.15) is 0 Å². The number of carbonyl (C=O) groups excluding carboxylic acids is 1. The summed E-state index contributed by atoms with van der Waals surface area (Å²) in [6, 6.07) is 14.3. The van der Waals surface area contributed by atoms with Crippen molar-refractivity contribution in [2.24, 2.45) is 0 Å². The smallest absolute Gasteiger partial charge is 0.269 e. The van der Waals surface area contributed by atoms with Gasteiger partial charge in [-0.1, -0.05) is 42.0 Å². The average molecular weight is 310 g/mol. The molecule has 0 aromatic heterocycles. The maximum Gasteiger partial charge on any atom is 0.269 e. The molecule has 5 nitrogen and oxygen atoms in total. The number of hydrogen-bond acceptors (Lipinski definition) is 3. The summed E-state index contributed by atoms with van der Waals surface area (Å²) in [6.45, 7) is 2.51. The number of non-ortho nitro benzene ring substituents is 1. The van der Waals surface area contributed by atoms with Gasteiger partial charge in [-0.05, 0) is 30.9 Å². The lowest BCUT2D eigenvalue weighted by molar-refractivity contribution is -0.384. The molecule has 0 spiro atoms. The molecule has 1 aliphatic carbocycles. The van der Waals surface area contributed by atoms with Crippen molar-refractivity contribution in [1.29, 1.82) is 0 Å². The molecule has 23 heavy (non-hydrogen) atoms. The standard InChI is InChI=1S/C18H18N2O3/c1-13-3-2-4-14(11-13)12-19-17(21)18(9-10-18)15-5-7-16(8-6-15)20(22)23/h2-8,11H,9-10,12H2,1H3,(H,19,21). The number of nitrogens with zero attached hydrogens (tertiary/aromatic N) is 1. The summed E-state index contributed by atoms with van der Waals surface area (Å²) < 4.78 is 0. The lowest BCUT2D eigenvalue weighted by atomic mass is 9.94. The molecule has 3 rings (SSSR count). The van der Waals surface area contributed by atoms with E-state index in [1.807, 2.05) is 31.2 Å². The van der Waals surface area contributed by atoms with Gasteiger partial charge in [0.2, 0.25) is 5.91 Å². The van der Waals surface area contributed by atoms with E-state index >= 15 is 0 Å². The Labute approximate surface area is 134 Å². The summed E-state index contributed by atoms with van der Waals surface area (Å²) in [7, 11) is 0. The number of hydrogen-bond donors (Lipinski definition) is 1. The van der Waals surface area contributed by atoms with E-state index in [1.165, 1.54) is 12.1 Å². The predicted molar refractivity (Wildman–Crippen MR) is 87.0 cm³/mol. The molecule has 2 aromatic rings. The number of nitro benzene ring substituents is 1. The monoisotopic (exact) mass is 310 g/mol. The highest BCUT2D eigenvalue weighted by molar-refractivity contribution is 5.91. The van der Waals surface area contributed by atoms with Gasteiger partial charge in [-0.3, -0.25) is 14.9 Å². The van der Waals surface area contributed by atoms with Crippen molar-refractivity contribution in [3.63, 3.8) is 0 Å². The van der Waals surface area contributed by atoms with Crippen LogP contribution in [0.4, 0.5) is 5.69 Å². The van der Waals surface area contributed by atoms with Crippen molar-refractivity contribution in [1.82, 2.24) is 5.32 Å². The lowest BCUT2D eigenvalue weighted by Gasteiger charge is -2.16. The van der Waals surface area contributed by atoms with E-state index in [4.69, 9.17) is 0 Å². The van der Waals surface area contributed by atoms with Gasteiger partial charge in [0.05, 0.1) is 10.3 Å². The molecule has 0 bridgehead atoms. The van der Waals surface area contributed by atoms with E-state index < -0.39 is 10.3 Å². The van der Waals surface area contributed by atoms with Crippen LogP contribution in [0.2, 0.25) is 0 Å². The van der Waals surface area contributed by atoms with Gasteiger partial charge < -0.3 is 5.32 Å². The fourth-order valence-corrected chi connectivity index (χ4v) is 2.85. The molecular formula is C18H18N2O3. The number of carbonyl (C=O) groups is 1. The van der Waals surface area contributed by atoms with Crippen LogP contribution < -0.4 is 5.32 Å². The van der Waals surface area contributed by atoms with Crippen LogP contribution in [0.3, 0.4) is 0 Å². The Morgan fingerprint density at radius 2 is 1.91 bits per heavy atom. The number of aryl methyl sites for hydroxylation is 1. The van der Waals surface area contributed by atoms with E-state index in [1.54, 1.807) is 12.1 Å². The first-order chi connectivity index (χ1) is 11.0. The average Bonchev–Trinajstić information content (AvgIpc) is 3.34. The van der Waals surface area contributed by atoms with Crippen LogP contribution in [0.25, 0.3) is 0 Å². The van der Waals surface area contributed by atoms with E-state index in [9.17, 15) is 14.9 Å². The Balaban J connectivity index is 1.70. The van der Waals surface area contributed by atoms with Crippen LogP contribution in [0.1, 0.15) is 29.5 Å². The third kappa shape index (κ3) is 3.08. The topological polar surface area (TPSA) is 72.2 Å². The summed E-state index contributed by atoms with van der Waals surface area (Å²) in [5, 5.41) is 13.7. The van der Waals surface area contributed by atoms with Crippen LogP contribution >= 0.6 is 0 Å². The number of rotatable bonds is 5. The minimum Gasteiger partial charge on any atom is -0.351 e. The first-order valence-electron chi connectivity index (χ1n) is 7.60. The summed E-state index contributed by atoms with van der Waals surface area (Å²) >= 11 is 0. The zero-order chi connectivity index (χ0) is 16.4. The number of amides is 1. The van der Waals surface area contributed by atoms with Gasteiger partial charge in [0, 0.05) is 18.7 Å². The maximum atomic E-state index is 12.6. The van der Waals surface area contributed by atoms with Crippen molar-refractivity contribution in [2.45, 2.75) is 31.7 Å². The molecule has 1 aliphatic rings. The second-order valence-corrected chi connectivity index (χ2v) is 6.06. The third-order valence-electron chi connectivity index (χ3n) is 4.35. The molecule has 0 aliphatic heterocycles. The summed E-state index contributed by atoms with van der Waals surface area (Å²) in [6.07, 6.45) is 1.56. The second kappa shape index (κ2) is 5.83. The van der Waals surface area contributed by atoms with Crippen LogP contribution in [0, 0.1) is 17.0 Å². The number of nitrogens with one attached hydrogen (secondary N) is 1. The lowest BCUT2D eigenvalue weighted by Crippen LogP contribution is -2.34. The summed E-state index contributed by atoms with van der Waals surface area (Å²) in [5.41, 5.74) is 2.61. The van der Waals surface area contributed by atoms with Gasteiger partial charge in [-0.15, -0.1) is 0 Å². The minimum atomic E-state index is -0.515. The van der Waals surface area contributed by atoms with Crippen molar-refractivity contribution in [2.75, 3.05) is 0 Å². The Kier molecular flexibility index (Phi) is 3.86. The molecule has 0 radical (unpaired) electrons. The van der Waals surface area contributed by atoms with E-state index in [0.29, 0.717) is 6.54 Å². The van der Waals surface area contributed by atoms with Gasteiger partial charge in [-0.25, -0.2) is 0 Å². The number of nitro groups is 1. The van der Waals surface area contributed by atoms with Crippen molar-refractivity contribution in [3.8, 4) is 0 Å². The van der Waals surface area contributed by atoms with Crippen molar-refractivity contribution >= 4 is 11.6 Å². The normalized spacial score (nSPS) is 15.0. The van der Waals surface area contributed by atoms with Gasteiger partial charge >= 0.3 is 0 Å². The first-order valence-corrected chi connectivity index (χ1v) is 7.60. The Morgan fingerprint density at radius 3 is 2.48 bits per heavy atom. The maximum absolute atomic E-state index is 12.6. The largest absolute Gasteiger partial charge is 0.351 e. The first kappa shape index (κ1) is 15.2. The molecule has 0 heterocycles. The fraction of sp³-hybridized carbons (Fsp3) is 0.278. The van der Waals surface area contributed by atoms with Gasteiger partial charge in [0.25, 0.3) is 5.69 Å². The SMILES string of the molecule is Cc1cccc(CNC(=O)C2(c3ccc([N+](=O)[O-])cc3)CC2)c1. The zero-order valence-electron chi connectivity index (χ0n) is 12.9. The molecule has 118 valence electrons. The Morgan fingerprint density at radius 1 is 1.22 bits per heavy atom. The van der Waals surface area contributed by atoms with Crippen LogP contribution in [-0.2, 0) is 16.8 Å². The van der Waals surface area contributed by atoms with Crippen molar-refractivity contribution < 1.29 is 9.72 Å². The highest BCUT2D eigenvalue weighted by atomic mass is 16.6.